The summed E-state index contributed by atoms with van der Waals surface area (Å²) in [6.45, 7) is 6.45. The quantitative estimate of drug-likeness (QED) is 0.795. The van der Waals surface area contributed by atoms with Crippen LogP contribution >= 0.6 is 0 Å². The van der Waals surface area contributed by atoms with E-state index < -0.39 is 0 Å². The Morgan fingerprint density at radius 1 is 1.32 bits per heavy atom. The number of nitrogens with two attached hydrogens (primary N) is 1. The molecule has 19 heavy (non-hydrogen) atoms. The minimum atomic E-state index is -0.330. The van der Waals surface area contributed by atoms with Crippen molar-refractivity contribution in [3.63, 3.8) is 0 Å². The van der Waals surface area contributed by atoms with Gasteiger partial charge in [-0.3, -0.25) is 4.79 Å². The zero-order chi connectivity index (χ0) is 14.3. The molecule has 0 fully saturated rings. The lowest BCUT2D eigenvalue weighted by Crippen LogP contribution is -2.43. The van der Waals surface area contributed by atoms with Crippen molar-refractivity contribution in [2.75, 3.05) is 18.5 Å². The van der Waals surface area contributed by atoms with Crippen LogP contribution in [-0.4, -0.2) is 24.7 Å². The van der Waals surface area contributed by atoms with Crippen LogP contribution < -0.4 is 11.1 Å². The van der Waals surface area contributed by atoms with Gasteiger partial charge in [0.25, 0.3) is 0 Å². The van der Waals surface area contributed by atoms with E-state index in [-0.39, 0.29) is 18.1 Å². The third kappa shape index (κ3) is 5.01. The molecular weight excluding hydrogens is 240 g/mol. The molecular formula is C15H24N2O2. The molecule has 0 aliphatic rings. The topological polar surface area (TPSA) is 64.3 Å². The number of anilines is 1. The molecule has 0 aromatic heterocycles. The number of carbonyl (C=O) groups excluding carboxylic acids is 1. The molecule has 1 amide bonds. The van der Waals surface area contributed by atoms with Gasteiger partial charge in [-0.2, -0.15) is 0 Å². The minimum Gasteiger partial charge on any atom is -0.370 e. The fourth-order valence-electron chi connectivity index (χ4n) is 1.70. The van der Waals surface area contributed by atoms with Gasteiger partial charge < -0.3 is 15.8 Å². The molecule has 0 aliphatic heterocycles. The Morgan fingerprint density at radius 2 is 1.95 bits per heavy atom. The number of nitrogens with one attached hydrogen (secondary N) is 1. The molecule has 0 atom stereocenters. The molecule has 1 aromatic rings. The van der Waals surface area contributed by atoms with E-state index in [4.69, 9.17) is 10.5 Å². The van der Waals surface area contributed by atoms with Crippen LogP contribution in [0.15, 0.2) is 24.3 Å². The Labute approximate surface area is 115 Å². The number of ether oxygens (including phenoxy) is 1. The van der Waals surface area contributed by atoms with Gasteiger partial charge in [0.05, 0.1) is 6.61 Å². The molecule has 106 valence electrons. The monoisotopic (exact) mass is 264 g/mol. The highest BCUT2D eigenvalue weighted by molar-refractivity contribution is 5.92. The largest absolute Gasteiger partial charge is 0.370 e. The maximum Gasteiger partial charge on any atom is 0.250 e. The van der Waals surface area contributed by atoms with E-state index in [2.05, 4.69) is 5.32 Å². The summed E-state index contributed by atoms with van der Waals surface area (Å²) in [7, 11) is 0. The Hall–Kier alpha value is -1.39. The zero-order valence-corrected chi connectivity index (χ0v) is 12.0. The molecule has 0 radical (unpaired) electrons. The summed E-state index contributed by atoms with van der Waals surface area (Å²) in [6, 6.07) is 7.66. The summed E-state index contributed by atoms with van der Waals surface area (Å²) in [5.41, 5.74) is 7.63. The fraction of sp³-hybridized carbons (Fsp3) is 0.533. The van der Waals surface area contributed by atoms with Crippen molar-refractivity contribution in [1.82, 2.24) is 0 Å². The minimum absolute atomic E-state index is 0.0350. The van der Waals surface area contributed by atoms with E-state index in [1.54, 1.807) is 0 Å². The number of amides is 1. The number of rotatable bonds is 7. The normalized spacial score (nSPS) is 11.4. The molecule has 0 aliphatic carbocycles. The number of aryl methyl sites for hydroxylation is 1. The number of para-hydroxylation sites is 1. The first-order valence-electron chi connectivity index (χ1n) is 6.73. The van der Waals surface area contributed by atoms with Crippen LogP contribution in [0.5, 0.6) is 0 Å². The average Bonchev–Trinajstić information content (AvgIpc) is 2.41. The maximum atomic E-state index is 11.8. The van der Waals surface area contributed by atoms with Crippen molar-refractivity contribution >= 4 is 11.6 Å². The van der Waals surface area contributed by atoms with Crippen LogP contribution in [0.25, 0.3) is 0 Å². The predicted octanol–water partition coefficient (Wildman–Crippen LogP) is 2.47. The first-order chi connectivity index (χ1) is 9.00. The summed E-state index contributed by atoms with van der Waals surface area (Å²) in [4.78, 5) is 11.8. The molecule has 0 spiro atoms. The molecule has 0 unspecified atom stereocenters. The summed E-state index contributed by atoms with van der Waals surface area (Å²) in [5, 5.41) is 2.83. The summed E-state index contributed by atoms with van der Waals surface area (Å²) in [5.74, 6) is -0.149. The van der Waals surface area contributed by atoms with E-state index >= 15 is 0 Å². The molecule has 1 rings (SSSR count). The van der Waals surface area contributed by atoms with Gasteiger partial charge in [-0.1, -0.05) is 32.0 Å². The van der Waals surface area contributed by atoms with Gasteiger partial charge in [0.15, 0.2) is 0 Å². The van der Waals surface area contributed by atoms with Crippen LogP contribution in [0.1, 0.15) is 32.3 Å². The highest BCUT2D eigenvalue weighted by Gasteiger charge is 2.20. The van der Waals surface area contributed by atoms with E-state index in [0.717, 1.165) is 24.1 Å². The van der Waals surface area contributed by atoms with E-state index in [9.17, 15) is 4.79 Å². The fourth-order valence-corrected chi connectivity index (χ4v) is 1.70. The van der Waals surface area contributed by atoms with Crippen LogP contribution in [-0.2, 0) is 9.53 Å². The average molecular weight is 264 g/mol. The highest BCUT2D eigenvalue weighted by atomic mass is 16.5. The second-order valence-corrected chi connectivity index (χ2v) is 4.93. The first kappa shape index (κ1) is 15.7. The molecule has 3 N–H and O–H groups in total. The lowest BCUT2D eigenvalue weighted by atomic mass is 9.96. The molecule has 4 nitrogen and oxygen atoms in total. The van der Waals surface area contributed by atoms with Gasteiger partial charge in [0.1, 0.15) is 6.61 Å². The Bertz CT molecular complexity index is 414. The maximum absolute atomic E-state index is 11.8. The van der Waals surface area contributed by atoms with Gasteiger partial charge >= 0.3 is 0 Å². The third-order valence-electron chi connectivity index (χ3n) is 3.45. The van der Waals surface area contributed by atoms with Crippen LogP contribution in [0.3, 0.4) is 0 Å². The van der Waals surface area contributed by atoms with Gasteiger partial charge in [-0.15, -0.1) is 0 Å². The van der Waals surface area contributed by atoms with E-state index in [1.807, 2.05) is 45.0 Å². The predicted molar refractivity (Wildman–Crippen MR) is 78.1 cm³/mol. The molecule has 0 bridgehead atoms. The van der Waals surface area contributed by atoms with Crippen molar-refractivity contribution in [1.29, 1.82) is 0 Å². The number of hydrogen-bond donors (Lipinski definition) is 2. The lowest BCUT2D eigenvalue weighted by Gasteiger charge is -2.26. The Kier molecular flexibility index (Phi) is 5.99. The van der Waals surface area contributed by atoms with Gasteiger partial charge in [0.2, 0.25) is 5.91 Å². The summed E-state index contributed by atoms with van der Waals surface area (Å²) < 4.78 is 5.42. The number of hydrogen-bond acceptors (Lipinski definition) is 3. The lowest BCUT2D eigenvalue weighted by molar-refractivity contribution is -0.121. The number of carbonyl (C=O) groups is 1. The SMILES string of the molecule is CCC(N)(CC)COCC(=O)Nc1ccccc1C. The molecule has 0 saturated carbocycles. The molecule has 0 heterocycles. The van der Waals surface area contributed by atoms with Crippen molar-refractivity contribution in [3.8, 4) is 0 Å². The Balaban J connectivity index is 2.39. The van der Waals surface area contributed by atoms with Crippen molar-refractivity contribution in [3.05, 3.63) is 29.8 Å². The second kappa shape index (κ2) is 7.26. The van der Waals surface area contributed by atoms with E-state index in [1.165, 1.54) is 0 Å². The van der Waals surface area contributed by atoms with Gasteiger partial charge in [-0.25, -0.2) is 0 Å². The first-order valence-corrected chi connectivity index (χ1v) is 6.73. The molecule has 0 saturated heterocycles. The van der Waals surface area contributed by atoms with Crippen molar-refractivity contribution < 1.29 is 9.53 Å². The molecule has 1 aromatic carbocycles. The zero-order valence-electron chi connectivity index (χ0n) is 12.0. The van der Waals surface area contributed by atoms with Crippen LogP contribution in [0.4, 0.5) is 5.69 Å². The van der Waals surface area contributed by atoms with Crippen molar-refractivity contribution in [2.24, 2.45) is 5.73 Å². The third-order valence-corrected chi connectivity index (χ3v) is 3.45. The van der Waals surface area contributed by atoms with Crippen LogP contribution in [0.2, 0.25) is 0 Å². The Morgan fingerprint density at radius 3 is 2.53 bits per heavy atom. The van der Waals surface area contributed by atoms with Gasteiger partial charge in [0, 0.05) is 11.2 Å². The smallest absolute Gasteiger partial charge is 0.250 e. The highest BCUT2D eigenvalue weighted by Crippen LogP contribution is 2.13. The summed E-state index contributed by atoms with van der Waals surface area (Å²) >= 11 is 0. The summed E-state index contributed by atoms with van der Waals surface area (Å²) in [6.07, 6.45) is 1.67. The van der Waals surface area contributed by atoms with Gasteiger partial charge in [-0.05, 0) is 31.4 Å². The standard InChI is InChI=1S/C15H24N2O2/c1-4-15(16,5-2)11-19-10-14(18)17-13-9-7-6-8-12(13)3/h6-9H,4-5,10-11,16H2,1-3H3,(H,17,18). The second-order valence-electron chi connectivity index (χ2n) is 4.93. The van der Waals surface area contributed by atoms with E-state index in [0.29, 0.717) is 6.61 Å². The van der Waals surface area contributed by atoms with Crippen molar-refractivity contribution in [2.45, 2.75) is 39.2 Å². The molecule has 4 heteroatoms. The number of benzene rings is 1. The van der Waals surface area contributed by atoms with Crippen LogP contribution in [0, 0.1) is 6.92 Å².